The van der Waals surface area contributed by atoms with E-state index >= 15 is 0 Å². The Morgan fingerprint density at radius 3 is 2.58 bits per heavy atom. The Balaban J connectivity index is 1.82. The number of hydrogen-bond acceptors (Lipinski definition) is 6. The van der Waals surface area contributed by atoms with Gasteiger partial charge >= 0.3 is 0 Å². The lowest BCUT2D eigenvalue weighted by atomic mass is 9.94. The van der Waals surface area contributed by atoms with Crippen LogP contribution in [0.15, 0.2) is 48.6 Å². The molecule has 2 aromatic heterocycles. The van der Waals surface area contributed by atoms with Gasteiger partial charge in [0.2, 0.25) is 0 Å². The van der Waals surface area contributed by atoms with Crippen LogP contribution in [-0.2, 0) is 23.2 Å². The molecule has 1 atom stereocenters. The van der Waals surface area contributed by atoms with E-state index in [-0.39, 0.29) is 11.3 Å². The predicted octanol–water partition coefficient (Wildman–Crippen LogP) is 2.75. The molecule has 0 unspecified atom stereocenters. The number of ketones is 1. The number of hydrogen-bond donors (Lipinski definition) is 1. The summed E-state index contributed by atoms with van der Waals surface area (Å²) in [5.74, 6) is -1.04. The van der Waals surface area contributed by atoms with Crippen molar-refractivity contribution in [2.24, 2.45) is 7.05 Å². The molecule has 1 aromatic carbocycles. The highest BCUT2D eigenvalue weighted by molar-refractivity contribution is 6.46. The molecule has 0 spiro atoms. The molecule has 1 N–H and O–H groups in total. The van der Waals surface area contributed by atoms with Crippen LogP contribution in [0.1, 0.15) is 35.0 Å². The van der Waals surface area contributed by atoms with Gasteiger partial charge in [0.1, 0.15) is 11.5 Å². The summed E-state index contributed by atoms with van der Waals surface area (Å²) in [5, 5.41) is 15.7. The van der Waals surface area contributed by atoms with E-state index in [9.17, 15) is 14.7 Å². The van der Waals surface area contributed by atoms with Crippen molar-refractivity contribution in [3.05, 3.63) is 71.1 Å². The number of benzene rings is 1. The van der Waals surface area contributed by atoms with E-state index < -0.39 is 17.7 Å². The molecule has 1 fully saturated rings. The molecule has 1 aliphatic heterocycles. The highest BCUT2D eigenvalue weighted by Crippen LogP contribution is 2.43. The minimum atomic E-state index is -0.775. The van der Waals surface area contributed by atoms with Gasteiger partial charge in [-0.2, -0.15) is 5.10 Å². The fraction of sp³-hybridized carbons (Fsp3) is 0.333. The van der Waals surface area contributed by atoms with Gasteiger partial charge in [0, 0.05) is 43.8 Å². The maximum atomic E-state index is 13.2. The summed E-state index contributed by atoms with van der Waals surface area (Å²) >= 11 is 0. The molecule has 0 aliphatic carbocycles. The van der Waals surface area contributed by atoms with Gasteiger partial charge in [-0.3, -0.25) is 14.3 Å². The average Bonchev–Trinajstić information content (AvgIpc) is 3.47. The van der Waals surface area contributed by atoms with Crippen molar-refractivity contribution >= 4 is 17.4 Å². The predicted molar refractivity (Wildman–Crippen MR) is 122 cm³/mol. The summed E-state index contributed by atoms with van der Waals surface area (Å²) in [6, 6.07) is 6.46. The number of aryl methyl sites for hydroxylation is 3. The molecule has 1 amide bonds. The van der Waals surface area contributed by atoms with Crippen molar-refractivity contribution < 1.29 is 19.4 Å². The molecule has 1 saturated heterocycles. The minimum absolute atomic E-state index is 0.0475. The van der Waals surface area contributed by atoms with Gasteiger partial charge in [-0.25, -0.2) is 4.98 Å². The maximum Gasteiger partial charge on any atom is 0.295 e. The number of imidazole rings is 1. The Morgan fingerprint density at radius 2 is 1.94 bits per heavy atom. The molecule has 0 saturated carbocycles. The van der Waals surface area contributed by atoms with Crippen LogP contribution in [0.4, 0.5) is 0 Å². The van der Waals surface area contributed by atoms with E-state index in [1.165, 1.54) is 4.90 Å². The SMILES string of the molecule is COc1ccccc1[C@@H]1C(=C(O)c2c(C)nn(C)c2C)C(=O)C(=O)N1CCCn1ccnc1. The number of nitrogens with zero attached hydrogens (tertiary/aromatic N) is 5. The minimum Gasteiger partial charge on any atom is -0.507 e. The first kappa shape index (κ1) is 22.3. The van der Waals surface area contributed by atoms with E-state index in [1.807, 2.05) is 35.9 Å². The van der Waals surface area contributed by atoms with Crippen molar-refractivity contribution in [1.29, 1.82) is 0 Å². The number of para-hydroxylation sites is 1. The third kappa shape index (κ3) is 3.90. The van der Waals surface area contributed by atoms with E-state index in [4.69, 9.17) is 4.74 Å². The lowest BCUT2D eigenvalue weighted by Gasteiger charge is -2.26. The molecule has 3 aromatic rings. The zero-order valence-electron chi connectivity index (χ0n) is 19.1. The van der Waals surface area contributed by atoms with E-state index in [0.29, 0.717) is 47.8 Å². The van der Waals surface area contributed by atoms with Gasteiger partial charge < -0.3 is 19.3 Å². The lowest BCUT2D eigenvalue weighted by Crippen LogP contribution is -2.31. The van der Waals surface area contributed by atoms with Gasteiger partial charge in [0.15, 0.2) is 0 Å². The average molecular weight is 450 g/mol. The van der Waals surface area contributed by atoms with Crippen LogP contribution in [0, 0.1) is 13.8 Å². The Hall–Kier alpha value is -3.88. The second-order valence-corrected chi connectivity index (χ2v) is 8.06. The molecule has 33 heavy (non-hydrogen) atoms. The fourth-order valence-electron chi connectivity index (χ4n) is 4.42. The number of aromatic nitrogens is 4. The van der Waals surface area contributed by atoms with Gasteiger partial charge in [0.05, 0.1) is 36.3 Å². The van der Waals surface area contributed by atoms with Crippen LogP contribution >= 0.6 is 0 Å². The summed E-state index contributed by atoms with van der Waals surface area (Å²) in [7, 11) is 3.31. The smallest absolute Gasteiger partial charge is 0.295 e. The quantitative estimate of drug-likeness (QED) is 0.338. The van der Waals surface area contributed by atoms with Crippen molar-refractivity contribution in [3.63, 3.8) is 0 Å². The number of carbonyl (C=O) groups is 2. The van der Waals surface area contributed by atoms with Crippen LogP contribution in [0.3, 0.4) is 0 Å². The van der Waals surface area contributed by atoms with Crippen LogP contribution < -0.4 is 4.74 Å². The monoisotopic (exact) mass is 449 g/mol. The number of likely N-dealkylation sites (tertiary alicyclic amines) is 1. The third-order valence-electron chi connectivity index (χ3n) is 6.09. The summed E-state index contributed by atoms with van der Waals surface area (Å²) in [4.78, 5) is 31.9. The molecule has 4 rings (SSSR count). The van der Waals surface area contributed by atoms with Crippen LogP contribution in [-0.4, -0.2) is 54.7 Å². The maximum absolute atomic E-state index is 13.2. The number of rotatable bonds is 7. The van der Waals surface area contributed by atoms with Gasteiger partial charge in [-0.05, 0) is 26.3 Å². The Morgan fingerprint density at radius 1 is 1.18 bits per heavy atom. The normalized spacial score (nSPS) is 17.7. The van der Waals surface area contributed by atoms with Crippen molar-refractivity contribution in [2.45, 2.75) is 32.9 Å². The number of methoxy groups -OCH3 is 1. The van der Waals surface area contributed by atoms with Gasteiger partial charge in [0.25, 0.3) is 11.7 Å². The van der Waals surface area contributed by atoms with E-state index in [2.05, 4.69) is 10.1 Å². The summed E-state index contributed by atoms with van der Waals surface area (Å²) in [6.45, 7) is 4.55. The zero-order valence-corrected chi connectivity index (χ0v) is 19.1. The van der Waals surface area contributed by atoms with Crippen molar-refractivity contribution in [2.75, 3.05) is 13.7 Å². The van der Waals surface area contributed by atoms with E-state index in [1.54, 1.807) is 44.4 Å². The van der Waals surface area contributed by atoms with Crippen LogP contribution in [0.2, 0.25) is 0 Å². The molecule has 0 bridgehead atoms. The second-order valence-electron chi connectivity index (χ2n) is 8.06. The summed E-state index contributed by atoms with van der Waals surface area (Å²) in [6.07, 6.45) is 5.86. The van der Waals surface area contributed by atoms with Crippen molar-refractivity contribution in [1.82, 2.24) is 24.2 Å². The molecular formula is C24H27N5O4. The molecule has 0 radical (unpaired) electrons. The van der Waals surface area contributed by atoms with E-state index in [0.717, 1.165) is 0 Å². The number of aliphatic hydroxyl groups is 1. The summed E-state index contributed by atoms with van der Waals surface area (Å²) < 4.78 is 9.10. The first-order chi connectivity index (χ1) is 15.8. The van der Waals surface area contributed by atoms with Crippen LogP contribution in [0.25, 0.3) is 5.76 Å². The number of carbonyl (C=O) groups excluding carboxylic acids is 2. The third-order valence-corrected chi connectivity index (χ3v) is 6.09. The number of amides is 1. The molecular weight excluding hydrogens is 422 g/mol. The number of Topliss-reactive ketones (excluding diaryl/α,β-unsaturated/α-hetero) is 1. The second kappa shape index (κ2) is 8.93. The molecule has 9 nitrogen and oxygen atoms in total. The fourth-order valence-corrected chi connectivity index (χ4v) is 4.42. The largest absolute Gasteiger partial charge is 0.507 e. The summed E-state index contributed by atoms with van der Waals surface area (Å²) in [5.41, 5.74) is 2.44. The molecule has 1 aliphatic rings. The standard InChI is InChI=1S/C24H27N5O4/c1-15-19(16(2)27(3)26-15)22(30)20-21(17-8-5-6-9-18(17)33-4)29(24(32)23(20)31)12-7-11-28-13-10-25-14-28/h5-6,8-10,13-14,21,30H,7,11-12H2,1-4H3/t21-/m1/s1. The zero-order chi connectivity index (χ0) is 23.7. The number of aliphatic hydroxyl groups excluding tert-OH is 1. The molecule has 9 heteroatoms. The Bertz CT molecular complexity index is 1230. The lowest BCUT2D eigenvalue weighted by molar-refractivity contribution is -0.140. The first-order valence-corrected chi connectivity index (χ1v) is 10.7. The van der Waals surface area contributed by atoms with Gasteiger partial charge in [-0.1, -0.05) is 18.2 Å². The topological polar surface area (TPSA) is 102 Å². The van der Waals surface area contributed by atoms with Crippen LogP contribution in [0.5, 0.6) is 5.75 Å². The molecule has 3 heterocycles. The Labute approximate surface area is 191 Å². The van der Waals surface area contributed by atoms with Gasteiger partial charge in [-0.15, -0.1) is 0 Å². The number of ether oxygens (including phenoxy) is 1. The Kier molecular flexibility index (Phi) is 6.04. The first-order valence-electron chi connectivity index (χ1n) is 10.7. The highest BCUT2D eigenvalue weighted by Gasteiger charge is 2.47. The highest BCUT2D eigenvalue weighted by atomic mass is 16.5. The molecule has 172 valence electrons. The van der Waals surface area contributed by atoms with Crippen molar-refractivity contribution in [3.8, 4) is 5.75 Å².